The maximum absolute atomic E-state index is 13.7. The predicted molar refractivity (Wildman–Crippen MR) is 121 cm³/mol. The third kappa shape index (κ3) is 3.92. The van der Waals surface area contributed by atoms with E-state index in [1.807, 2.05) is 37.4 Å². The summed E-state index contributed by atoms with van der Waals surface area (Å²) in [5.74, 6) is 0.327. The molecule has 4 nitrogen and oxygen atoms in total. The topological polar surface area (TPSA) is 61.4 Å². The van der Waals surface area contributed by atoms with E-state index in [0.717, 1.165) is 43.2 Å². The molecular formula is C26H30N2O2. The Morgan fingerprint density at radius 1 is 1.00 bits per heavy atom. The van der Waals surface area contributed by atoms with Crippen LogP contribution in [0.25, 0.3) is 10.8 Å². The number of carbonyl (C=O) groups excluding carboxylic acids is 1. The zero-order valence-corrected chi connectivity index (χ0v) is 17.5. The Balaban J connectivity index is 1.62. The molecule has 4 heteroatoms. The first-order chi connectivity index (χ1) is 14.6. The van der Waals surface area contributed by atoms with Gasteiger partial charge in [0.1, 0.15) is 5.75 Å². The van der Waals surface area contributed by atoms with Crippen LogP contribution >= 0.6 is 0 Å². The average molecular weight is 403 g/mol. The average Bonchev–Trinajstić information content (AvgIpc) is 2.78. The van der Waals surface area contributed by atoms with Crippen LogP contribution in [0.4, 0.5) is 0 Å². The maximum Gasteiger partial charge on any atom is 0.228 e. The van der Waals surface area contributed by atoms with Crippen molar-refractivity contribution in [3.63, 3.8) is 0 Å². The SMILES string of the molecule is CNC(c1cccc(O)c1)C1(C(=O)NCc2cccc3ccccc23)CCCCC1. The zero-order chi connectivity index (χ0) is 21.0. The van der Waals surface area contributed by atoms with Gasteiger partial charge >= 0.3 is 0 Å². The van der Waals surface area contributed by atoms with Gasteiger partial charge in [0.25, 0.3) is 0 Å². The van der Waals surface area contributed by atoms with Gasteiger partial charge in [0.2, 0.25) is 5.91 Å². The number of hydrogen-bond donors (Lipinski definition) is 3. The Bertz CT molecular complexity index is 1020. The third-order valence-corrected chi connectivity index (χ3v) is 6.56. The smallest absolute Gasteiger partial charge is 0.228 e. The second-order valence-electron chi connectivity index (χ2n) is 8.35. The lowest BCUT2D eigenvalue weighted by atomic mass is 9.66. The van der Waals surface area contributed by atoms with Crippen molar-refractivity contribution >= 4 is 16.7 Å². The minimum absolute atomic E-state index is 0.0952. The number of phenolic OH excluding ortho intramolecular Hbond substituents is 1. The number of aromatic hydroxyl groups is 1. The van der Waals surface area contributed by atoms with Crippen LogP contribution in [0.1, 0.15) is 49.3 Å². The highest BCUT2D eigenvalue weighted by atomic mass is 16.3. The first-order valence-corrected chi connectivity index (χ1v) is 10.9. The molecule has 1 unspecified atom stereocenters. The molecule has 0 spiro atoms. The van der Waals surface area contributed by atoms with Gasteiger partial charge in [0.05, 0.1) is 5.41 Å². The molecule has 4 rings (SSSR count). The van der Waals surface area contributed by atoms with Crippen molar-refractivity contribution in [2.45, 2.75) is 44.7 Å². The number of phenols is 1. The summed E-state index contributed by atoms with van der Waals surface area (Å²) in [6, 6.07) is 21.7. The van der Waals surface area contributed by atoms with Gasteiger partial charge in [-0.1, -0.05) is 73.9 Å². The fraction of sp³-hybridized carbons (Fsp3) is 0.346. The molecule has 0 bridgehead atoms. The van der Waals surface area contributed by atoms with E-state index in [4.69, 9.17) is 0 Å². The number of benzene rings is 3. The first-order valence-electron chi connectivity index (χ1n) is 10.9. The molecule has 1 aliphatic carbocycles. The van der Waals surface area contributed by atoms with Gasteiger partial charge < -0.3 is 15.7 Å². The number of hydrogen-bond acceptors (Lipinski definition) is 3. The lowest BCUT2D eigenvalue weighted by Gasteiger charge is -2.42. The Morgan fingerprint density at radius 3 is 2.50 bits per heavy atom. The molecular weight excluding hydrogens is 372 g/mol. The molecule has 30 heavy (non-hydrogen) atoms. The molecule has 0 heterocycles. The monoisotopic (exact) mass is 402 g/mol. The largest absolute Gasteiger partial charge is 0.508 e. The second kappa shape index (κ2) is 8.88. The lowest BCUT2D eigenvalue weighted by Crippen LogP contribution is -2.49. The molecule has 1 amide bonds. The summed E-state index contributed by atoms with van der Waals surface area (Å²) in [7, 11) is 1.91. The fourth-order valence-electron chi connectivity index (χ4n) is 5.09. The van der Waals surface area contributed by atoms with Gasteiger partial charge in [-0.25, -0.2) is 0 Å². The van der Waals surface area contributed by atoms with Gasteiger partial charge in [-0.15, -0.1) is 0 Å². The standard InChI is InChI=1S/C26H30N2O2/c1-27-24(20-11-8-13-22(29)17-20)26(15-5-2-6-16-26)25(30)28-18-21-12-7-10-19-9-3-4-14-23(19)21/h3-4,7-14,17,24,27,29H,2,5-6,15-16,18H2,1H3,(H,28,30). The molecule has 3 aromatic carbocycles. The summed E-state index contributed by atoms with van der Waals surface area (Å²) in [6.07, 6.45) is 4.93. The quantitative estimate of drug-likeness (QED) is 0.539. The molecule has 0 aliphatic heterocycles. The van der Waals surface area contributed by atoms with Crippen molar-refractivity contribution < 1.29 is 9.90 Å². The van der Waals surface area contributed by atoms with Crippen molar-refractivity contribution in [1.29, 1.82) is 0 Å². The van der Waals surface area contributed by atoms with Crippen molar-refractivity contribution in [2.75, 3.05) is 7.05 Å². The van der Waals surface area contributed by atoms with E-state index >= 15 is 0 Å². The van der Waals surface area contributed by atoms with Crippen molar-refractivity contribution in [1.82, 2.24) is 10.6 Å². The van der Waals surface area contributed by atoms with Crippen LogP contribution in [0.15, 0.2) is 66.7 Å². The van der Waals surface area contributed by atoms with Crippen LogP contribution in [0.5, 0.6) is 5.75 Å². The van der Waals surface area contributed by atoms with E-state index in [2.05, 4.69) is 34.9 Å². The predicted octanol–water partition coefficient (Wildman–Crippen LogP) is 5.07. The van der Waals surface area contributed by atoms with Crippen LogP contribution < -0.4 is 10.6 Å². The van der Waals surface area contributed by atoms with E-state index in [1.165, 1.54) is 10.8 Å². The van der Waals surface area contributed by atoms with Gasteiger partial charge in [-0.2, -0.15) is 0 Å². The third-order valence-electron chi connectivity index (χ3n) is 6.56. The molecule has 0 aromatic heterocycles. The van der Waals surface area contributed by atoms with Crippen LogP contribution in [-0.4, -0.2) is 18.1 Å². The highest BCUT2D eigenvalue weighted by Gasteiger charge is 2.46. The number of nitrogens with one attached hydrogen (secondary N) is 2. The van der Waals surface area contributed by atoms with E-state index in [-0.39, 0.29) is 17.7 Å². The molecule has 3 N–H and O–H groups in total. The number of amides is 1. The molecule has 0 saturated heterocycles. The van der Waals surface area contributed by atoms with Crippen LogP contribution in [0, 0.1) is 5.41 Å². The van der Waals surface area contributed by atoms with Crippen molar-refractivity contribution in [3.8, 4) is 5.75 Å². The molecule has 1 aliphatic rings. The molecule has 3 aromatic rings. The van der Waals surface area contributed by atoms with Crippen LogP contribution in [0.2, 0.25) is 0 Å². The van der Waals surface area contributed by atoms with Gasteiger partial charge in [0.15, 0.2) is 0 Å². The Labute approximate surface area is 178 Å². The summed E-state index contributed by atoms with van der Waals surface area (Å²) < 4.78 is 0. The number of carbonyl (C=O) groups is 1. The molecule has 1 saturated carbocycles. The van der Waals surface area contributed by atoms with Crippen LogP contribution in [-0.2, 0) is 11.3 Å². The molecule has 0 radical (unpaired) electrons. The molecule has 156 valence electrons. The van der Waals surface area contributed by atoms with Crippen molar-refractivity contribution in [3.05, 3.63) is 77.9 Å². The first kappa shape index (κ1) is 20.4. The highest BCUT2D eigenvalue weighted by Crippen LogP contribution is 2.46. The molecule has 1 fully saturated rings. The van der Waals surface area contributed by atoms with E-state index in [9.17, 15) is 9.90 Å². The lowest BCUT2D eigenvalue weighted by molar-refractivity contribution is -0.135. The van der Waals surface area contributed by atoms with E-state index < -0.39 is 5.41 Å². The minimum atomic E-state index is -0.522. The molecule has 1 atom stereocenters. The van der Waals surface area contributed by atoms with Gasteiger partial charge in [0, 0.05) is 12.6 Å². The summed E-state index contributed by atoms with van der Waals surface area (Å²) in [4.78, 5) is 13.7. The number of rotatable bonds is 6. The summed E-state index contributed by atoms with van der Waals surface area (Å²) >= 11 is 0. The normalized spacial score (nSPS) is 16.8. The maximum atomic E-state index is 13.7. The Kier molecular flexibility index (Phi) is 6.05. The second-order valence-corrected chi connectivity index (χ2v) is 8.35. The summed E-state index contributed by atoms with van der Waals surface area (Å²) in [5, 5.41) is 19.0. The summed E-state index contributed by atoms with van der Waals surface area (Å²) in [5.41, 5.74) is 1.57. The van der Waals surface area contributed by atoms with E-state index in [1.54, 1.807) is 12.1 Å². The van der Waals surface area contributed by atoms with E-state index in [0.29, 0.717) is 6.54 Å². The van der Waals surface area contributed by atoms with Crippen molar-refractivity contribution in [2.24, 2.45) is 5.41 Å². The Morgan fingerprint density at radius 2 is 1.73 bits per heavy atom. The fourth-order valence-corrected chi connectivity index (χ4v) is 5.09. The van der Waals surface area contributed by atoms with Gasteiger partial charge in [-0.3, -0.25) is 4.79 Å². The number of fused-ring (bicyclic) bond motifs is 1. The summed E-state index contributed by atoms with van der Waals surface area (Å²) in [6.45, 7) is 0.512. The highest BCUT2D eigenvalue weighted by molar-refractivity contribution is 5.87. The zero-order valence-electron chi connectivity index (χ0n) is 17.5. The van der Waals surface area contributed by atoms with Crippen LogP contribution in [0.3, 0.4) is 0 Å². The van der Waals surface area contributed by atoms with Gasteiger partial charge in [-0.05, 0) is 53.9 Å². The minimum Gasteiger partial charge on any atom is -0.508 e. The Hall–Kier alpha value is -2.85.